The number of aryl methyl sites for hydroxylation is 1. The second kappa shape index (κ2) is 3.42. The Balaban J connectivity index is 2.24. The molecular formula is C9H13N3O2. The molecule has 2 N–H and O–H groups in total. The number of fused-ring (bicyclic) bond motifs is 1. The predicted molar refractivity (Wildman–Crippen MR) is 49.9 cm³/mol. The summed E-state index contributed by atoms with van der Waals surface area (Å²) in [5.41, 5.74) is 2.03. The lowest BCUT2D eigenvalue weighted by Crippen LogP contribution is -2.42. The van der Waals surface area contributed by atoms with Crippen molar-refractivity contribution in [2.24, 2.45) is 0 Å². The van der Waals surface area contributed by atoms with Crippen LogP contribution in [0.3, 0.4) is 0 Å². The molecule has 0 aliphatic carbocycles. The molecule has 1 aromatic rings. The van der Waals surface area contributed by atoms with Crippen LogP contribution < -0.4 is 5.32 Å². The van der Waals surface area contributed by atoms with Crippen molar-refractivity contribution in [1.82, 2.24) is 14.9 Å². The van der Waals surface area contributed by atoms with Gasteiger partial charge in [-0.2, -0.15) is 0 Å². The van der Waals surface area contributed by atoms with Gasteiger partial charge in [0.2, 0.25) is 0 Å². The van der Waals surface area contributed by atoms with Gasteiger partial charge in [0.05, 0.1) is 17.7 Å². The quantitative estimate of drug-likeness (QED) is 0.697. The molecule has 0 saturated carbocycles. The third-order valence-corrected chi connectivity index (χ3v) is 2.58. The highest BCUT2D eigenvalue weighted by molar-refractivity contribution is 5.74. The van der Waals surface area contributed by atoms with Crippen LogP contribution in [0.1, 0.15) is 18.3 Å². The number of imidazole rings is 1. The molecule has 1 atom stereocenters. The molecule has 1 aliphatic heterocycles. The molecule has 0 fully saturated rings. The highest BCUT2D eigenvalue weighted by Crippen LogP contribution is 2.15. The molecule has 0 unspecified atom stereocenters. The maximum absolute atomic E-state index is 10.7. The van der Waals surface area contributed by atoms with Crippen molar-refractivity contribution >= 4 is 5.97 Å². The SMILES string of the molecule is CCn1cnc2c1CN[C@@H](C(=O)O)C2. The van der Waals surface area contributed by atoms with E-state index in [9.17, 15) is 4.79 Å². The molecule has 0 saturated heterocycles. The molecule has 0 spiro atoms. The minimum atomic E-state index is -0.804. The van der Waals surface area contributed by atoms with Gasteiger partial charge in [-0.05, 0) is 6.92 Å². The van der Waals surface area contributed by atoms with Crippen LogP contribution in [-0.2, 0) is 24.3 Å². The van der Waals surface area contributed by atoms with Crippen LogP contribution in [-0.4, -0.2) is 26.7 Å². The molecular weight excluding hydrogens is 182 g/mol. The van der Waals surface area contributed by atoms with Crippen LogP contribution in [0.25, 0.3) is 0 Å². The van der Waals surface area contributed by atoms with E-state index in [1.54, 1.807) is 6.33 Å². The summed E-state index contributed by atoms with van der Waals surface area (Å²) in [6, 6.07) is -0.484. The summed E-state index contributed by atoms with van der Waals surface area (Å²) in [5, 5.41) is 11.8. The second-order valence-corrected chi connectivity index (χ2v) is 3.40. The Labute approximate surface area is 81.8 Å². The van der Waals surface area contributed by atoms with Gasteiger partial charge in [-0.25, -0.2) is 4.98 Å². The van der Waals surface area contributed by atoms with E-state index in [0.29, 0.717) is 13.0 Å². The number of carboxylic acid groups (broad SMARTS) is 1. The summed E-state index contributed by atoms with van der Waals surface area (Å²) in [6.07, 6.45) is 2.26. The van der Waals surface area contributed by atoms with Crippen molar-refractivity contribution in [3.8, 4) is 0 Å². The molecule has 1 aromatic heterocycles. The number of aliphatic carboxylic acids is 1. The fourth-order valence-corrected chi connectivity index (χ4v) is 1.76. The third kappa shape index (κ3) is 1.39. The average molecular weight is 195 g/mol. The number of carboxylic acids is 1. The molecule has 76 valence electrons. The van der Waals surface area contributed by atoms with Crippen LogP contribution in [0.5, 0.6) is 0 Å². The van der Waals surface area contributed by atoms with E-state index in [4.69, 9.17) is 5.11 Å². The van der Waals surface area contributed by atoms with Crippen molar-refractivity contribution < 1.29 is 9.90 Å². The topological polar surface area (TPSA) is 67.2 Å². The molecule has 0 bridgehead atoms. The zero-order valence-corrected chi connectivity index (χ0v) is 8.03. The Morgan fingerprint density at radius 1 is 1.86 bits per heavy atom. The number of hydrogen-bond donors (Lipinski definition) is 2. The molecule has 14 heavy (non-hydrogen) atoms. The fraction of sp³-hybridized carbons (Fsp3) is 0.556. The van der Waals surface area contributed by atoms with Gasteiger partial charge in [0.25, 0.3) is 0 Å². The van der Waals surface area contributed by atoms with Gasteiger partial charge in [-0.1, -0.05) is 0 Å². The van der Waals surface area contributed by atoms with Crippen LogP contribution in [0, 0.1) is 0 Å². The van der Waals surface area contributed by atoms with Crippen LogP contribution >= 0.6 is 0 Å². The largest absolute Gasteiger partial charge is 0.480 e. The molecule has 1 aliphatic rings. The van der Waals surface area contributed by atoms with Gasteiger partial charge < -0.3 is 9.67 Å². The summed E-state index contributed by atoms with van der Waals surface area (Å²) in [5.74, 6) is -0.804. The Bertz CT molecular complexity index is 359. The van der Waals surface area contributed by atoms with Crippen molar-refractivity contribution in [2.75, 3.05) is 0 Å². The standard InChI is InChI=1S/C9H13N3O2/c1-2-12-5-11-6-3-7(9(13)14)10-4-8(6)12/h5,7,10H,2-4H2,1H3,(H,13,14)/t7-/m1/s1. The van der Waals surface area contributed by atoms with Crippen molar-refractivity contribution in [3.05, 3.63) is 17.7 Å². The molecule has 0 aromatic carbocycles. The summed E-state index contributed by atoms with van der Waals surface area (Å²) in [6.45, 7) is 3.52. The summed E-state index contributed by atoms with van der Waals surface area (Å²) >= 11 is 0. The van der Waals surface area contributed by atoms with Crippen LogP contribution in [0.4, 0.5) is 0 Å². The van der Waals surface area contributed by atoms with E-state index in [0.717, 1.165) is 17.9 Å². The average Bonchev–Trinajstić information content (AvgIpc) is 2.59. The molecule has 2 rings (SSSR count). The first kappa shape index (κ1) is 9.21. The lowest BCUT2D eigenvalue weighted by Gasteiger charge is -2.20. The minimum absolute atomic E-state index is 0.484. The zero-order chi connectivity index (χ0) is 10.1. The van der Waals surface area contributed by atoms with Crippen molar-refractivity contribution in [2.45, 2.75) is 32.5 Å². The van der Waals surface area contributed by atoms with Gasteiger partial charge in [-0.3, -0.25) is 10.1 Å². The minimum Gasteiger partial charge on any atom is -0.480 e. The number of carbonyl (C=O) groups is 1. The lowest BCUT2D eigenvalue weighted by atomic mass is 10.1. The second-order valence-electron chi connectivity index (χ2n) is 3.40. The van der Waals surface area contributed by atoms with Crippen molar-refractivity contribution in [1.29, 1.82) is 0 Å². The van der Waals surface area contributed by atoms with Crippen LogP contribution in [0.15, 0.2) is 6.33 Å². The summed E-state index contributed by atoms with van der Waals surface area (Å²) < 4.78 is 2.04. The van der Waals surface area contributed by atoms with E-state index in [1.807, 2.05) is 11.5 Å². The fourth-order valence-electron chi connectivity index (χ4n) is 1.76. The maximum Gasteiger partial charge on any atom is 0.321 e. The highest BCUT2D eigenvalue weighted by Gasteiger charge is 2.26. The van der Waals surface area contributed by atoms with Gasteiger partial charge in [0.15, 0.2) is 0 Å². The molecule has 5 heteroatoms. The molecule has 2 heterocycles. The smallest absolute Gasteiger partial charge is 0.321 e. The number of nitrogens with one attached hydrogen (secondary N) is 1. The number of aromatic nitrogens is 2. The number of hydrogen-bond acceptors (Lipinski definition) is 3. The van der Waals surface area contributed by atoms with E-state index >= 15 is 0 Å². The van der Waals surface area contributed by atoms with Gasteiger partial charge in [0, 0.05) is 19.5 Å². The summed E-state index contributed by atoms with van der Waals surface area (Å²) in [7, 11) is 0. The van der Waals surface area contributed by atoms with Gasteiger partial charge in [0.1, 0.15) is 6.04 Å². The molecule has 0 radical (unpaired) electrons. The first-order valence-electron chi connectivity index (χ1n) is 4.71. The van der Waals surface area contributed by atoms with Crippen molar-refractivity contribution in [3.63, 3.8) is 0 Å². The Hall–Kier alpha value is -1.36. The predicted octanol–water partition coefficient (Wildman–Crippen LogP) is 0.00190. The monoisotopic (exact) mass is 195 g/mol. The van der Waals surface area contributed by atoms with E-state index in [-0.39, 0.29) is 0 Å². The number of rotatable bonds is 2. The van der Waals surface area contributed by atoms with Gasteiger partial charge in [-0.15, -0.1) is 0 Å². The first-order valence-corrected chi connectivity index (χ1v) is 4.71. The lowest BCUT2D eigenvalue weighted by molar-refractivity contribution is -0.139. The zero-order valence-electron chi connectivity index (χ0n) is 8.03. The first-order chi connectivity index (χ1) is 6.72. The molecule has 5 nitrogen and oxygen atoms in total. The third-order valence-electron chi connectivity index (χ3n) is 2.58. The van der Waals surface area contributed by atoms with Gasteiger partial charge >= 0.3 is 5.97 Å². The number of nitrogens with zero attached hydrogens (tertiary/aromatic N) is 2. The Kier molecular flexibility index (Phi) is 2.25. The normalized spacial score (nSPS) is 20.5. The van der Waals surface area contributed by atoms with E-state index in [2.05, 4.69) is 10.3 Å². The van der Waals surface area contributed by atoms with E-state index < -0.39 is 12.0 Å². The summed E-state index contributed by atoms with van der Waals surface area (Å²) in [4.78, 5) is 15.0. The van der Waals surface area contributed by atoms with E-state index in [1.165, 1.54) is 0 Å². The Morgan fingerprint density at radius 3 is 3.29 bits per heavy atom. The highest BCUT2D eigenvalue weighted by atomic mass is 16.4. The Morgan fingerprint density at radius 2 is 2.64 bits per heavy atom. The van der Waals surface area contributed by atoms with Crippen LogP contribution in [0.2, 0.25) is 0 Å². The molecule has 0 amide bonds. The maximum atomic E-state index is 10.7.